The van der Waals surface area contributed by atoms with E-state index in [1.807, 2.05) is 0 Å². The minimum atomic E-state index is -1.18. The summed E-state index contributed by atoms with van der Waals surface area (Å²) >= 11 is 1.10. The van der Waals surface area contributed by atoms with E-state index in [0.717, 1.165) is 11.8 Å². The SMILES string of the molecule is Br.CCOC(=O)C1(CC)CC(CSC(=N)N)OC1=O. The minimum Gasteiger partial charge on any atom is -0.465 e. The summed E-state index contributed by atoms with van der Waals surface area (Å²) in [7, 11) is 0. The number of thioether (sulfide) groups is 1. The number of cyclic esters (lactones) is 1. The van der Waals surface area contributed by atoms with Gasteiger partial charge in [0.15, 0.2) is 10.6 Å². The molecular weight excluding hydrogens is 336 g/mol. The highest BCUT2D eigenvalue weighted by Gasteiger charge is 2.54. The molecule has 0 bridgehead atoms. The van der Waals surface area contributed by atoms with Gasteiger partial charge in [-0.15, -0.1) is 17.0 Å². The van der Waals surface area contributed by atoms with Crippen LogP contribution in [0.25, 0.3) is 0 Å². The summed E-state index contributed by atoms with van der Waals surface area (Å²) in [6, 6.07) is 0. The minimum absolute atomic E-state index is 0. The Labute approximate surface area is 127 Å². The van der Waals surface area contributed by atoms with Gasteiger partial charge in [0.2, 0.25) is 0 Å². The lowest BCUT2D eigenvalue weighted by Gasteiger charge is -2.20. The van der Waals surface area contributed by atoms with Crippen molar-refractivity contribution in [3.8, 4) is 0 Å². The monoisotopic (exact) mass is 354 g/mol. The number of amidine groups is 1. The standard InChI is InChI=1S/C11H18N2O4S.BrH/c1-3-11(8(14)16-4-2)5-7(17-9(11)15)6-18-10(12)13;/h7H,3-6H2,1-2H3,(H3,12,13);1H. The highest BCUT2D eigenvalue weighted by Crippen LogP contribution is 2.39. The molecule has 8 heteroatoms. The Hall–Kier alpha value is -0.760. The van der Waals surface area contributed by atoms with E-state index in [9.17, 15) is 9.59 Å². The molecule has 1 aliphatic rings. The summed E-state index contributed by atoms with van der Waals surface area (Å²) in [5, 5.41) is 7.08. The first kappa shape index (κ1) is 18.2. The van der Waals surface area contributed by atoms with E-state index < -0.39 is 23.5 Å². The smallest absolute Gasteiger partial charge is 0.323 e. The normalized spacial score (nSPS) is 25.4. The topological polar surface area (TPSA) is 102 Å². The molecule has 19 heavy (non-hydrogen) atoms. The van der Waals surface area contributed by atoms with Crippen LogP contribution in [0.1, 0.15) is 26.7 Å². The molecule has 1 heterocycles. The summed E-state index contributed by atoms with van der Waals surface area (Å²) in [6.45, 7) is 3.70. The molecule has 0 aliphatic carbocycles. The Balaban J connectivity index is 0.00000324. The fourth-order valence-corrected chi connectivity index (χ4v) is 2.47. The molecule has 1 aliphatic heterocycles. The van der Waals surface area contributed by atoms with Gasteiger partial charge in [-0.2, -0.15) is 0 Å². The van der Waals surface area contributed by atoms with Crippen LogP contribution in [0.2, 0.25) is 0 Å². The van der Waals surface area contributed by atoms with Crippen molar-refractivity contribution in [2.45, 2.75) is 32.8 Å². The van der Waals surface area contributed by atoms with E-state index in [1.165, 1.54) is 0 Å². The zero-order valence-corrected chi connectivity index (χ0v) is 13.5. The molecule has 0 amide bonds. The quantitative estimate of drug-likeness (QED) is 0.335. The number of nitrogens with one attached hydrogen (secondary N) is 1. The molecule has 0 radical (unpaired) electrons. The predicted octanol–water partition coefficient (Wildman–Crippen LogP) is 1.47. The number of halogens is 1. The van der Waals surface area contributed by atoms with Crippen LogP contribution in [-0.4, -0.2) is 35.6 Å². The Morgan fingerprint density at radius 1 is 1.63 bits per heavy atom. The second-order valence-electron chi connectivity index (χ2n) is 4.06. The van der Waals surface area contributed by atoms with Gasteiger partial charge in [-0.05, 0) is 13.3 Å². The predicted molar refractivity (Wildman–Crippen MR) is 78.5 cm³/mol. The van der Waals surface area contributed by atoms with E-state index in [-0.39, 0.29) is 28.8 Å². The number of rotatable bonds is 5. The molecule has 110 valence electrons. The Kier molecular flexibility index (Phi) is 7.43. The second kappa shape index (κ2) is 7.74. The van der Waals surface area contributed by atoms with Gasteiger partial charge in [-0.3, -0.25) is 15.0 Å². The van der Waals surface area contributed by atoms with Crippen molar-refractivity contribution in [3.05, 3.63) is 0 Å². The maximum absolute atomic E-state index is 11.9. The third kappa shape index (κ3) is 4.10. The number of ether oxygens (including phenoxy) is 2. The number of hydrogen-bond donors (Lipinski definition) is 2. The van der Waals surface area contributed by atoms with Crippen LogP contribution in [-0.2, 0) is 19.1 Å². The van der Waals surface area contributed by atoms with E-state index in [1.54, 1.807) is 13.8 Å². The van der Waals surface area contributed by atoms with Gasteiger partial charge in [0.25, 0.3) is 0 Å². The van der Waals surface area contributed by atoms with E-state index in [0.29, 0.717) is 18.6 Å². The summed E-state index contributed by atoms with van der Waals surface area (Å²) in [4.78, 5) is 23.8. The van der Waals surface area contributed by atoms with E-state index in [4.69, 9.17) is 20.6 Å². The Bertz CT molecular complexity index is 367. The van der Waals surface area contributed by atoms with Gasteiger partial charge >= 0.3 is 11.9 Å². The molecule has 0 spiro atoms. The van der Waals surface area contributed by atoms with Crippen LogP contribution in [0.5, 0.6) is 0 Å². The highest BCUT2D eigenvalue weighted by molar-refractivity contribution is 8.93. The van der Waals surface area contributed by atoms with Crippen molar-refractivity contribution in [1.82, 2.24) is 0 Å². The molecule has 2 unspecified atom stereocenters. The average molecular weight is 355 g/mol. The zero-order chi connectivity index (χ0) is 13.8. The molecule has 3 N–H and O–H groups in total. The molecular formula is C11H19BrN2O4S. The largest absolute Gasteiger partial charge is 0.465 e. The number of hydrogen-bond acceptors (Lipinski definition) is 6. The van der Waals surface area contributed by atoms with Crippen LogP contribution >= 0.6 is 28.7 Å². The van der Waals surface area contributed by atoms with Crippen molar-refractivity contribution in [2.75, 3.05) is 12.4 Å². The Morgan fingerprint density at radius 2 is 2.26 bits per heavy atom. The molecule has 1 saturated heterocycles. The highest BCUT2D eigenvalue weighted by atomic mass is 79.9. The summed E-state index contributed by atoms with van der Waals surface area (Å²) in [5.74, 6) is -0.659. The summed E-state index contributed by atoms with van der Waals surface area (Å²) in [5.41, 5.74) is 4.04. The van der Waals surface area contributed by atoms with Gasteiger partial charge in [0.05, 0.1) is 6.61 Å². The van der Waals surface area contributed by atoms with Crippen molar-refractivity contribution in [3.63, 3.8) is 0 Å². The maximum Gasteiger partial charge on any atom is 0.323 e. The summed E-state index contributed by atoms with van der Waals surface area (Å²) < 4.78 is 10.1. The lowest BCUT2D eigenvalue weighted by Crippen LogP contribution is -2.36. The number of carbonyl (C=O) groups is 2. The molecule has 2 atom stereocenters. The first-order chi connectivity index (χ1) is 8.46. The number of nitrogens with two attached hydrogens (primary N) is 1. The van der Waals surface area contributed by atoms with E-state index >= 15 is 0 Å². The van der Waals surface area contributed by atoms with Crippen molar-refractivity contribution in [1.29, 1.82) is 5.41 Å². The van der Waals surface area contributed by atoms with Gasteiger partial charge in [0.1, 0.15) is 6.10 Å². The van der Waals surface area contributed by atoms with Crippen LogP contribution < -0.4 is 5.73 Å². The summed E-state index contributed by atoms with van der Waals surface area (Å²) in [6.07, 6.45) is 0.253. The molecule has 1 fully saturated rings. The van der Waals surface area contributed by atoms with Crippen molar-refractivity contribution >= 4 is 45.8 Å². The van der Waals surface area contributed by atoms with Gasteiger partial charge in [-0.25, -0.2) is 0 Å². The maximum atomic E-state index is 11.9. The van der Waals surface area contributed by atoms with Crippen LogP contribution in [0, 0.1) is 10.8 Å². The third-order valence-corrected chi connectivity index (χ3v) is 3.78. The first-order valence-corrected chi connectivity index (χ1v) is 6.80. The van der Waals surface area contributed by atoms with Gasteiger partial charge in [-0.1, -0.05) is 18.7 Å². The lowest BCUT2D eigenvalue weighted by molar-refractivity contribution is -0.165. The zero-order valence-electron chi connectivity index (χ0n) is 10.9. The van der Waals surface area contributed by atoms with Crippen LogP contribution in [0.4, 0.5) is 0 Å². The van der Waals surface area contributed by atoms with E-state index in [2.05, 4.69) is 0 Å². The average Bonchev–Trinajstić information content (AvgIpc) is 2.64. The molecule has 0 aromatic heterocycles. The first-order valence-electron chi connectivity index (χ1n) is 5.81. The molecule has 0 aromatic rings. The molecule has 6 nitrogen and oxygen atoms in total. The van der Waals surface area contributed by atoms with Gasteiger partial charge < -0.3 is 15.2 Å². The third-order valence-electron chi connectivity index (χ3n) is 2.94. The van der Waals surface area contributed by atoms with Crippen molar-refractivity contribution < 1.29 is 19.1 Å². The molecule has 1 rings (SSSR count). The van der Waals surface area contributed by atoms with Gasteiger partial charge in [0, 0.05) is 12.2 Å². The molecule has 0 aromatic carbocycles. The number of carbonyl (C=O) groups excluding carboxylic acids is 2. The fourth-order valence-electron chi connectivity index (χ4n) is 1.92. The fraction of sp³-hybridized carbons (Fsp3) is 0.727. The second-order valence-corrected chi connectivity index (χ2v) is 5.12. The Morgan fingerprint density at radius 3 is 2.74 bits per heavy atom. The van der Waals surface area contributed by atoms with Crippen molar-refractivity contribution in [2.24, 2.45) is 11.1 Å². The van der Waals surface area contributed by atoms with Crippen LogP contribution in [0.3, 0.4) is 0 Å². The molecule has 0 saturated carbocycles. The van der Waals surface area contributed by atoms with Crippen LogP contribution in [0.15, 0.2) is 0 Å². The number of esters is 2. The lowest BCUT2D eigenvalue weighted by atomic mass is 9.82.